The van der Waals surface area contributed by atoms with Gasteiger partial charge in [-0.25, -0.2) is 17.7 Å². The van der Waals surface area contributed by atoms with Gasteiger partial charge in [-0.15, -0.1) is 11.3 Å². The van der Waals surface area contributed by atoms with E-state index in [0.29, 0.717) is 4.96 Å². The highest BCUT2D eigenvalue weighted by atomic mass is 32.2. The number of benzene rings is 1. The van der Waals surface area contributed by atoms with E-state index in [1.165, 1.54) is 33.9 Å². The molecule has 0 fully saturated rings. The number of aromatic nitrogens is 2. The number of aryl methyl sites for hydroxylation is 1. The van der Waals surface area contributed by atoms with E-state index in [1.54, 1.807) is 24.4 Å². The second-order valence-corrected chi connectivity index (χ2v) is 8.06. The van der Waals surface area contributed by atoms with Gasteiger partial charge in [-0.3, -0.25) is 14.0 Å². The Morgan fingerprint density at radius 2 is 1.96 bits per heavy atom. The van der Waals surface area contributed by atoms with E-state index in [9.17, 15) is 18.0 Å². The summed E-state index contributed by atoms with van der Waals surface area (Å²) in [6, 6.07) is 7.32. The van der Waals surface area contributed by atoms with E-state index in [2.05, 4.69) is 4.98 Å². The number of fused-ring (bicyclic) bond motifs is 2. The number of amides is 1. The van der Waals surface area contributed by atoms with Gasteiger partial charge >= 0.3 is 0 Å². The molecular formula is C15H11N3O4S2. The van der Waals surface area contributed by atoms with Crippen LogP contribution in [0.5, 0.6) is 0 Å². The van der Waals surface area contributed by atoms with Crippen LogP contribution in [0.15, 0.2) is 45.4 Å². The number of thiazole rings is 1. The number of carbonyl (C=O) groups is 1. The molecule has 1 aliphatic rings. The van der Waals surface area contributed by atoms with Crippen LogP contribution in [0.2, 0.25) is 0 Å². The van der Waals surface area contributed by atoms with Crippen LogP contribution in [0.25, 0.3) is 4.96 Å². The summed E-state index contributed by atoms with van der Waals surface area (Å²) in [6.07, 6.45) is 0. The van der Waals surface area contributed by atoms with Gasteiger partial charge in [0.25, 0.3) is 21.5 Å². The average molecular weight is 361 g/mol. The van der Waals surface area contributed by atoms with E-state index in [1.807, 2.05) is 0 Å². The molecule has 2 aromatic heterocycles. The van der Waals surface area contributed by atoms with Crippen molar-refractivity contribution in [2.45, 2.75) is 18.4 Å². The van der Waals surface area contributed by atoms with E-state index < -0.39 is 15.9 Å². The third kappa shape index (κ3) is 2.01. The summed E-state index contributed by atoms with van der Waals surface area (Å²) in [7, 11) is -3.92. The minimum Gasteiger partial charge on any atom is -0.269 e. The van der Waals surface area contributed by atoms with Gasteiger partial charge in [0.15, 0.2) is 4.96 Å². The molecule has 3 heterocycles. The molecule has 1 amide bonds. The minimum absolute atomic E-state index is 0.0141. The van der Waals surface area contributed by atoms with Crippen LogP contribution in [0, 0.1) is 6.92 Å². The van der Waals surface area contributed by atoms with E-state index >= 15 is 0 Å². The number of hydrogen-bond donors (Lipinski definition) is 0. The number of nitrogens with zero attached hydrogens (tertiary/aromatic N) is 3. The molecule has 0 radical (unpaired) electrons. The summed E-state index contributed by atoms with van der Waals surface area (Å²) in [4.78, 5) is 29.4. The molecule has 4 rings (SSSR count). The van der Waals surface area contributed by atoms with Gasteiger partial charge in [-0.2, -0.15) is 0 Å². The summed E-state index contributed by atoms with van der Waals surface area (Å²) in [6.45, 7) is 1.52. The van der Waals surface area contributed by atoms with Crippen molar-refractivity contribution >= 4 is 32.2 Å². The van der Waals surface area contributed by atoms with Crippen LogP contribution < -0.4 is 5.56 Å². The number of hydrogen-bond acceptors (Lipinski definition) is 6. The SMILES string of the molecule is Cc1csc2nc(CN3C(=O)c4ccccc4S3(=O)=O)cc(=O)n12. The van der Waals surface area contributed by atoms with Crippen LogP contribution in [-0.2, 0) is 16.6 Å². The first-order valence-corrected chi connectivity index (χ1v) is 9.34. The Bertz CT molecular complexity index is 1160. The average Bonchev–Trinajstić information content (AvgIpc) is 3.00. The Balaban J connectivity index is 1.80. The van der Waals surface area contributed by atoms with Gasteiger partial charge in [0, 0.05) is 17.1 Å². The smallest absolute Gasteiger partial charge is 0.269 e. The van der Waals surface area contributed by atoms with Crippen LogP contribution in [-0.4, -0.2) is 28.0 Å². The van der Waals surface area contributed by atoms with Gasteiger partial charge in [0.2, 0.25) is 0 Å². The fourth-order valence-corrected chi connectivity index (χ4v) is 5.15. The predicted molar refractivity (Wildman–Crippen MR) is 87.6 cm³/mol. The highest BCUT2D eigenvalue weighted by Gasteiger charge is 2.41. The zero-order chi connectivity index (χ0) is 17.1. The Morgan fingerprint density at radius 3 is 2.71 bits per heavy atom. The fourth-order valence-electron chi connectivity index (χ4n) is 2.72. The lowest BCUT2D eigenvalue weighted by atomic mass is 10.2. The first-order valence-electron chi connectivity index (χ1n) is 7.02. The molecule has 0 saturated carbocycles. The molecule has 0 spiro atoms. The van der Waals surface area contributed by atoms with Crippen molar-refractivity contribution in [3.63, 3.8) is 0 Å². The molecule has 9 heteroatoms. The first-order chi connectivity index (χ1) is 11.4. The Kier molecular flexibility index (Phi) is 3.12. The second kappa shape index (κ2) is 4.99. The molecule has 0 N–H and O–H groups in total. The summed E-state index contributed by atoms with van der Waals surface area (Å²) >= 11 is 1.29. The van der Waals surface area contributed by atoms with Crippen LogP contribution in [0.1, 0.15) is 21.7 Å². The molecule has 1 aliphatic heterocycles. The van der Waals surface area contributed by atoms with Gasteiger partial charge in [-0.05, 0) is 19.1 Å². The van der Waals surface area contributed by atoms with Crippen molar-refractivity contribution in [3.05, 3.63) is 63.0 Å². The predicted octanol–water partition coefficient (Wildman–Crippen LogP) is 1.41. The fraction of sp³-hybridized carbons (Fsp3) is 0.133. The monoisotopic (exact) mass is 361 g/mol. The minimum atomic E-state index is -3.92. The second-order valence-electron chi connectivity index (χ2n) is 5.39. The summed E-state index contributed by atoms with van der Waals surface area (Å²) in [5.74, 6) is -0.602. The number of sulfonamides is 1. The summed E-state index contributed by atoms with van der Waals surface area (Å²) in [5.41, 5.74) is 0.848. The lowest BCUT2D eigenvalue weighted by molar-refractivity contribution is 0.0864. The maximum Gasteiger partial charge on any atom is 0.269 e. The quantitative estimate of drug-likeness (QED) is 0.688. The number of rotatable bonds is 2. The summed E-state index contributed by atoms with van der Waals surface area (Å²) < 4.78 is 27.3. The van der Waals surface area contributed by atoms with Gasteiger partial charge in [0.05, 0.1) is 17.8 Å². The Hall–Kier alpha value is -2.52. The third-order valence-corrected chi connectivity index (χ3v) is 6.58. The first kappa shape index (κ1) is 15.0. The lowest BCUT2D eigenvalue weighted by Crippen LogP contribution is -2.30. The summed E-state index contributed by atoms with van der Waals surface area (Å²) in [5, 5.41) is 1.79. The highest BCUT2D eigenvalue weighted by molar-refractivity contribution is 7.90. The maximum atomic E-state index is 12.5. The van der Waals surface area contributed by atoms with Crippen molar-refractivity contribution in [3.8, 4) is 0 Å². The molecule has 0 bridgehead atoms. The molecule has 0 atom stereocenters. The van der Waals surface area contributed by atoms with Crippen LogP contribution >= 0.6 is 11.3 Å². The van der Waals surface area contributed by atoms with E-state index in [-0.39, 0.29) is 28.3 Å². The molecule has 7 nitrogen and oxygen atoms in total. The van der Waals surface area contributed by atoms with Crippen LogP contribution in [0.4, 0.5) is 0 Å². The normalized spacial score (nSPS) is 15.9. The molecule has 122 valence electrons. The van der Waals surface area contributed by atoms with Crippen molar-refractivity contribution in [2.75, 3.05) is 0 Å². The van der Waals surface area contributed by atoms with Crippen molar-refractivity contribution in [1.29, 1.82) is 0 Å². The number of carbonyl (C=O) groups excluding carboxylic acids is 1. The van der Waals surface area contributed by atoms with E-state index in [0.717, 1.165) is 10.00 Å². The topological polar surface area (TPSA) is 88.8 Å². The standard InChI is InChI=1S/C15H11N3O4S2/c1-9-8-23-15-16-10(6-13(19)18(9)15)7-17-14(20)11-4-2-3-5-12(11)24(17,21)22/h2-6,8H,7H2,1H3. The zero-order valence-corrected chi connectivity index (χ0v) is 14.1. The zero-order valence-electron chi connectivity index (χ0n) is 12.5. The van der Waals surface area contributed by atoms with Crippen LogP contribution in [0.3, 0.4) is 0 Å². The van der Waals surface area contributed by atoms with Crippen molar-refractivity contribution in [1.82, 2.24) is 13.7 Å². The third-order valence-electron chi connectivity index (χ3n) is 3.85. The Morgan fingerprint density at radius 1 is 1.21 bits per heavy atom. The maximum absolute atomic E-state index is 12.5. The Labute approximate surface area is 140 Å². The molecular weight excluding hydrogens is 350 g/mol. The van der Waals surface area contributed by atoms with Gasteiger partial charge in [-0.1, -0.05) is 12.1 Å². The molecule has 0 saturated heterocycles. The molecule has 3 aromatic rings. The molecule has 0 aliphatic carbocycles. The van der Waals surface area contributed by atoms with Gasteiger partial charge in [0.1, 0.15) is 4.90 Å². The largest absolute Gasteiger partial charge is 0.269 e. The molecule has 1 aromatic carbocycles. The van der Waals surface area contributed by atoms with Crippen molar-refractivity contribution in [2.24, 2.45) is 0 Å². The van der Waals surface area contributed by atoms with Crippen molar-refractivity contribution < 1.29 is 13.2 Å². The molecule has 0 unspecified atom stereocenters. The molecule has 24 heavy (non-hydrogen) atoms. The van der Waals surface area contributed by atoms with E-state index in [4.69, 9.17) is 0 Å². The highest BCUT2D eigenvalue weighted by Crippen LogP contribution is 2.31. The van der Waals surface area contributed by atoms with Gasteiger partial charge < -0.3 is 0 Å². The lowest BCUT2D eigenvalue weighted by Gasteiger charge is -2.14.